The highest BCUT2D eigenvalue weighted by Crippen LogP contribution is 2.46. The molecule has 0 aromatic heterocycles. The van der Waals surface area contributed by atoms with Crippen LogP contribution in [0.15, 0.2) is 216 Å². The molecule has 302 valence electrons. The molecule has 2 unspecified atom stereocenters. The highest BCUT2D eigenvalue weighted by molar-refractivity contribution is 6.16. The Bertz CT molecular complexity index is 2990. The van der Waals surface area contributed by atoms with Crippen molar-refractivity contribution < 1.29 is 0 Å². The summed E-state index contributed by atoms with van der Waals surface area (Å²) in [5.41, 5.74) is 17.0. The number of benzene rings is 5. The molecule has 5 aromatic carbocycles. The lowest BCUT2D eigenvalue weighted by Crippen LogP contribution is -2.17. The third-order valence-electron chi connectivity index (χ3n) is 14.2. The predicted molar refractivity (Wildman–Crippen MR) is 268 cm³/mol. The first kappa shape index (κ1) is 38.4. The Morgan fingerprint density at radius 1 is 0.452 bits per heavy atom. The van der Waals surface area contributed by atoms with E-state index in [9.17, 15) is 0 Å². The average molecular weight is 799 g/mol. The van der Waals surface area contributed by atoms with E-state index in [1.807, 2.05) is 0 Å². The van der Waals surface area contributed by atoms with Gasteiger partial charge in [0.15, 0.2) is 0 Å². The van der Waals surface area contributed by atoms with E-state index in [-0.39, 0.29) is 0 Å². The molecular formula is C62H54. The smallest absolute Gasteiger partial charge is 0.00667 e. The van der Waals surface area contributed by atoms with Gasteiger partial charge >= 0.3 is 0 Å². The third-order valence-corrected chi connectivity index (χ3v) is 14.2. The fourth-order valence-corrected chi connectivity index (χ4v) is 11.0. The Morgan fingerprint density at radius 3 is 1.77 bits per heavy atom. The molecule has 0 bridgehead atoms. The molecular weight excluding hydrogens is 745 g/mol. The lowest BCUT2D eigenvalue weighted by Gasteiger charge is -2.30. The van der Waals surface area contributed by atoms with Gasteiger partial charge in [-0.1, -0.05) is 194 Å². The van der Waals surface area contributed by atoms with Crippen LogP contribution in [0.1, 0.15) is 86.5 Å². The van der Waals surface area contributed by atoms with Crippen LogP contribution >= 0.6 is 0 Å². The zero-order valence-corrected chi connectivity index (χ0v) is 35.7. The summed E-state index contributed by atoms with van der Waals surface area (Å²) in [6.45, 7) is 0. The highest BCUT2D eigenvalue weighted by Gasteiger charge is 2.27. The topological polar surface area (TPSA) is 0 Å². The Balaban J connectivity index is 0.916. The summed E-state index contributed by atoms with van der Waals surface area (Å²) >= 11 is 0. The van der Waals surface area contributed by atoms with Gasteiger partial charge in [-0.15, -0.1) is 0 Å². The Labute approximate surface area is 367 Å². The summed E-state index contributed by atoms with van der Waals surface area (Å²) in [6, 6.07) is 31.9. The number of rotatable bonds is 8. The molecule has 0 nitrogen and oxygen atoms in total. The van der Waals surface area contributed by atoms with Crippen LogP contribution in [0.4, 0.5) is 0 Å². The third kappa shape index (κ3) is 7.47. The summed E-state index contributed by atoms with van der Waals surface area (Å²) in [5.74, 6) is 1.08. The maximum absolute atomic E-state index is 2.58. The van der Waals surface area contributed by atoms with Crippen LogP contribution in [0.5, 0.6) is 0 Å². The second-order valence-electron chi connectivity index (χ2n) is 17.9. The van der Waals surface area contributed by atoms with E-state index in [4.69, 9.17) is 0 Å². The van der Waals surface area contributed by atoms with Crippen molar-refractivity contribution >= 4 is 55.1 Å². The molecule has 6 aliphatic rings. The first-order valence-electron chi connectivity index (χ1n) is 23.2. The molecule has 0 heterocycles. The highest BCUT2D eigenvalue weighted by atomic mass is 14.3. The van der Waals surface area contributed by atoms with Gasteiger partial charge in [0.25, 0.3) is 0 Å². The molecule has 0 fully saturated rings. The van der Waals surface area contributed by atoms with E-state index in [2.05, 4.69) is 194 Å². The van der Waals surface area contributed by atoms with Gasteiger partial charge in [0.2, 0.25) is 0 Å². The standard InChI is InChI=1S/C62H54/c1-4-16-44(17-5-1)51-40-52(45-18-6-2-7-19-45)42-53(41-51)46-34-36-50(37-35-46)62-59-26-14-12-24-57(59)61(58-25-13-15-27-60(58)62)49-32-29-43(30-33-49)28-31-48-38-39-55(47-20-8-3-9-21-47)56-23-11-10-22-54(48)56/h1,3-6,8,10-16,18-20,22-29,31-32,34,36,38-40,42,44,51H,2,7,9,17,21,30,33,35,37,41H2. The molecule has 0 amide bonds. The van der Waals surface area contributed by atoms with Gasteiger partial charge < -0.3 is 0 Å². The molecule has 11 rings (SSSR count). The van der Waals surface area contributed by atoms with Crippen LogP contribution in [0.25, 0.3) is 55.1 Å². The summed E-state index contributed by atoms with van der Waals surface area (Å²) < 4.78 is 0. The molecule has 62 heavy (non-hydrogen) atoms. The number of hydrogen-bond acceptors (Lipinski definition) is 0. The molecule has 0 saturated heterocycles. The van der Waals surface area contributed by atoms with Gasteiger partial charge in [-0.05, 0) is 175 Å². The average Bonchev–Trinajstić information content (AvgIpc) is 3.36. The minimum atomic E-state index is 0.519. The van der Waals surface area contributed by atoms with Gasteiger partial charge in [0.1, 0.15) is 0 Å². The second kappa shape index (κ2) is 17.1. The van der Waals surface area contributed by atoms with Crippen molar-refractivity contribution in [3.63, 3.8) is 0 Å². The van der Waals surface area contributed by atoms with E-state index in [1.165, 1.54) is 99.2 Å². The van der Waals surface area contributed by atoms with Crippen molar-refractivity contribution in [3.8, 4) is 0 Å². The Hall–Kier alpha value is -6.50. The van der Waals surface area contributed by atoms with E-state index in [0.29, 0.717) is 11.8 Å². The minimum Gasteiger partial charge on any atom is -0.0842 e. The van der Waals surface area contributed by atoms with E-state index >= 15 is 0 Å². The Morgan fingerprint density at radius 2 is 1.15 bits per heavy atom. The lowest BCUT2D eigenvalue weighted by atomic mass is 9.74. The first-order chi connectivity index (χ1) is 30.7. The van der Waals surface area contributed by atoms with E-state index in [1.54, 1.807) is 0 Å². The first-order valence-corrected chi connectivity index (χ1v) is 23.2. The quantitative estimate of drug-likeness (QED) is 0.137. The van der Waals surface area contributed by atoms with Crippen molar-refractivity contribution in [1.82, 2.24) is 0 Å². The fraction of sp³-hybridized carbons (Fsp3) is 0.194. The molecule has 0 aliphatic heterocycles. The van der Waals surface area contributed by atoms with Crippen molar-refractivity contribution in [2.75, 3.05) is 0 Å². The largest absolute Gasteiger partial charge is 0.0842 e. The molecule has 0 spiro atoms. The van der Waals surface area contributed by atoms with Crippen molar-refractivity contribution in [2.24, 2.45) is 11.8 Å². The maximum Gasteiger partial charge on any atom is -0.00667 e. The normalized spacial score (nSPS) is 21.4. The van der Waals surface area contributed by atoms with E-state index in [0.717, 1.165) is 64.2 Å². The van der Waals surface area contributed by atoms with Crippen molar-refractivity contribution in [3.05, 3.63) is 238 Å². The number of allylic oxidation sites excluding steroid dienone is 25. The minimum absolute atomic E-state index is 0.519. The zero-order valence-electron chi connectivity index (χ0n) is 35.7. The van der Waals surface area contributed by atoms with Crippen LogP contribution in [0.2, 0.25) is 0 Å². The van der Waals surface area contributed by atoms with Crippen LogP contribution in [-0.4, -0.2) is 0 Å². The van der Waals surface area contributed by atoms with Crippen molar-refractivity contribution in [2.45, 2.75) is 64.2 Å². The van der Waals surface area contributed by atoms with Gasteiger partial charge in [-0.2, -0.15) is 0 Å². The van der Waals surface area contributed by atoms with Gasteiger partial charge in [0.05, 0.1) is 0 Å². The van der Waals surface area contributed by atoms with Crippen molar-refractivity contribution in [1.29, 1.82) is 0 Å². The van der Waals surface area contributed by atoms with Crippen LogP contribution in [0, 0.1) is 11.8 Å². The zero-order chi connectivity index (χ0) is 41.2. The van der Waals surface area contributed by atoms with Crippen LogP contribution in [-0.2, 0) is 0 Å². The summed E-state index contributed by atoms with van der Waals surface area (Å²) in [7, 11) is 0. The SMILES string of the molecule is C1=CCCC(c2ccc(C=CC3=CC=C(c4c5ccccc5c(C5=CC=C(C6=CC(C7=CCCC=C7)=CC(C7C=CC=CC7)C6)CC5)c5ccccc45)CC3)c3ccccc23)=C1. The van der Waals surface area contributed by atoms with Crippen LogP contribution in [0.3, 0.4) is 0 Å². The van der Waals surface area contributed by atoms with E-state index < -0.39 is 0 Å². The predicted octanol–water partition coefficient (Wildman–Crippen LogP) is 17.1. The second-order valence-corrected chi connectivity index (χ2v) is 17.9. The van der Waals surface area contributed by atoms with Crippen LogP contribution < -0.4 is 0 Å². The van der Waals surface area contributed by atoms with Gasteiger partial charge in [-0.25, -0.2) is 0 Å². The molecule has 0 radical (unpaired) electrons. The summed E-state index contributed by atoms with van der Waals surface area (Å²) in [4.78, 5) is 0. The summed E-state index contributed by atoms with van der Waals surface area (Å²) in [6.07, 6.45) is 53.5. The monoisotopic (exact) mass is 798 g/mol. The molecule has 0 heteroatoms. The van der Waals surface area contributed by atoms with Gasteiger partial charge in [0, 0.05) is 0 Å². The molecule has 2 atom stereocenters. The molecule has 0 saturated carbocycles. The summed E-state index contributed by atoms with van der Waals surface area (Å²) in [5, 5.41) is 8.12. The van der Waals surface area contributed by atoms with Gasteiger partial charge in [-0.3, -0.25) is 0 Å². The molecule has 6 aliphatic carbocycles. The maximum atomic E-state index is 2.58. The number of hydrogen-bond donors (Lipinski definition) is 0. The lowest BCUT2D eigenvalue weighted by molar-refractivity contribution is 0.467. The molecule has 5 aromatic rings. The Kier molecular flexibility index (Phi) is 10.6. The fourth-order valence-electron chi connectivity index (χ4n) is 11.0. The number of fused-ring (bicyclic) bond motifs is 3. The molecule has 0 N–H and O–H groups in total.